The third-order valence-corrected chi connectivity index (χ3v) is 5.54. The molecule has 0 radical (unpaired) electrons. The van der Waals surface area contributed by atoms with E-state index in [0.717, 1.165) is 0 Å². The van der Waals surface area contributed by atoms with Crippen LogP contribution in [0, 0.1) is 29.1 Å². The maximum atomic E-state index is 11.8. The lowest BCUT2D eigenvalue weighted by atomic mass is 9.61. The van der Waals surface area contributed by atoms with E-state index in [1.165, 1.54) is 0 Å². The number of hydrogen-bond acceptors (Lipinski definition) is 5. The van der Waals surface area contributed by atoms with Crippen LogP contribution in [0.25, 0.3) is 0 Å². The Kier molecular flexibility index (Phi) is 1.93. The first-order valence-corrected chi connectivity index (χ1v) is 6.60. The lowest BCUT2D eigenvalue weighted by Crippen LogP contribution is -2.53. The van der Waals surface area contributed by atoms with Crippen molar-refractivity contribution in [2.24, 2.45) is 29.1 Å². The minimum atomic E-state index is -0.378. The van der Waals surface area contributed by atoms with Gasteiger partial charge in [-0.05, 0) is 12.8 Å². The molecule has 1 spiro atoms. The molecule has 1 heterocycles. The third-order valence-electron chi connectivity index (χ3n) is 5.54. The summed E-state index contributed by atoms with van der Waals surface area (Å²) in [6, 6.07) is 0. The monoisotopic (exact) mass is 264 g/mol. The van der Waals surface area contributed by atoms with Gasteiger partial charge in [-0.3, -0.25) is 4.79 Å². The first-order chi connectivity index (χ1) is 9.04. The van der Waals surface area contributed by atoms with Gasteiger partial charge < -0.3 is 14.2 Å². The maximum absolute atomic E-state index is 11.8. The van der Waals surface area contributed by atoms with Gasteiger partial charge in [0.2, 0.25) is 0 Å². The van der Waals surface area contributed by atoms with Gasteiger partial charge in [0.1, 0.15) is 6.10 Å². The van der Waals surface area contributed by atoms with Crippen molar-refractivity contribution in [2.45, 2.75) is 19.1 Å². The molecule has 1 aliphatic heterocycles. The van der Waals surface area contributed by atoms with E-state index in [-0.39, 0.29) is 47.3 Å². The van der Waals surface area contributed by atoms with E-state index >= 15 is 0 Å². The summed E-state index contributed by atoms with van der Waals surface area (Å²) in [5.74, 6) is 0.298. The van der Waals surface area contributed by atoms with Crippen molar-refractivity contribution in [3.8, 4) is 0 Å². The van der Waals surface area contributed by atoms with Crippen LogP contribution in [-0.4, -0.2) is 37.9 Å². The fraction of sp³-hybridized carbons (Fsp3) is 0.714. The zero-order valence-electron chi connectivity index (χ0n) is 10.9. The number of methoxy groups -OCH3 is 1. The van der Waals surface area contributed by atoms with Crippen LogP contribution in [0.1, 0.15) is 6.92 Å². The fourth-order valence-electron chi connectivity index (χ4n) is 4.91. The Hall–Kier alpha value is -1.36. The zero-order valence-corrected chi connectivity index (χ0v) is 10.9. The lowest BCUT2D eigenvalue weighted by Gasteiger charge is -2.43. The van der Waals surface area contributed by atoms with Gasteiger partial charge in [0, 0.05) is 29.9 Å². The van der Waals surface area contributed by atoms with E-state index in [9.17, 15) is 9.59 Å². The molecule has 7 unspecified atom stereocenters. The van der Waals surface area contributed by atoms with E-state index in [4.69, 9.17) is 14.2 Å². The average Bonchev–Trinajstić information content (AvgIpc) is 2.60. The first-order valence-electron chi connectivity index (χ1n) is 6.60. The second-order valence-corrected chi connectivity index (χ2v) is 6.18. The molecule has 5 nitrogen and oxygen atoms in total. The highest BCUT2D eigenvalue weighted by Crippen LogP contribution is 2.86. The topological polar surface area (TPSA) is 61.8 Å². The Bertz CT molecular complexity index is 512. The van der Waals surface area contributed by atoms with Gasteiger partial charge in [-0.1, -0.05) is 6.58 Å². The van der Waals surface area contributed by atoms with Crippen molar-refractivity contribution in [2.75, 3.05) is 13.7 Å². The molecule has 0 amide bonds. The Morgan fingerprint density at radius 3 is 2.79 bits per heavy atom. The molecular weight excluding hydrogens is 248 g/mol. The van der Waals surface area contributed by atoms with E-state index in [1.54, 1.807) is 14.0 Å². The van der Waals surface area contributed by atoms with E-state index < -0.39 is 0 Å². The molecular formula is C14H16O5. The summed E-state index contributed by atoms with van der Waals surface area (Å²) in [6.07, 6.45) is -0.439. The molecule has 0 aromatic carbocycles. The van der Waals surface area contributed by atoms with Crippen LogP contribution < -0.4 is 0 Å². The molecule has 3 saturated carbocycles. The van der Waals surface area contributed by atoms with Crippen molar-refractivity contribution in [1.82, 2.24) is 0 Å². The minimum Gasteiger partial charge on any atom is -0.465 e. The molecule has 4 fully saturated rings. The summed E-state index contributed by atoms with van der Waals surface area (Å²) in [5.41, 5.74) is 0.344. The summed E-state index contributed by atoms with van der Waals surface area (Å²) in [6.45, 7) is 5.72. The number of ether oxygens (including phenoxy) is 3. The van der Waals surface area contributed by atoms with Gasteiger partial charge in [0.05, 0.1) is 18.6 Å². The molecule has 5 heteroatoms. The van der Waals surface area contributed by atoms with Crippen molar-refractivity contribution in [1.29, 1.82) is 0 Å². The summed E-state index contributed by atoms with van der Waals surface area (Å²) < 4.78 is 16.2. The quantitative estimate of drug-likeness (QED) is 0.550. The number of hydrogen-bond donors (Lipinski definition) is 0. The smallest absolute Gasteiger partial charge is 0.333 e. The van der Waals surface area contributed by atoms with Crippen LogP contribution in [0.2, 0.25) is 0 Å². The predicted molar refractivity (Wildman–Crippen MR) is 62.8 cm³/mol. The highest BCUT2D eigenvalue weighted by molar-refractivity contribution is 5.87. The highest BCUT2D eigenvalue weighted by Gasteiger charge is 2.93. The Morgan fingerprint density at radius 2 is 2.16 bits per heavy atom. The second-order valence-electron chi connectivity index (χ2n) is 6.18. The molecule has 0 bridgehead atoms. The van der Waals surface area contributed by atoms with Gasteiger partial charge in [-0.25, -0.2) is 4.79 Å². The Morgan fingerprint density at radius 1 is 1.42 bits per heavy atom. The van der Waals surface area contributed by atoms with Crippen molar-refractivity contribution in [3.63, 3.8) is 0 Å². The normalized spacial score (nSPS) is 51.8. The molecule has 1 saturated heterocycles. The van der Waals surface area contributed by atoms with Gasteiger partial charge in [0.25, 0.3) is 0 Å². The Labute approximate surface area is 110 Å². The number of fused-ring (bicyclic) bond motifs is 1. The minimum absolute atomic E-state index is 0.0350. The predicted octanol–water partition coefficient (Wildman–Crippen LogP) is 0.538. The average molecular weight is 264 g/mol. The van der Waals surface area contributed by atoms with Crippen LogP contribution >= 0.6 is 0 Å². The molecule has 4 aliphatic rings. The number of esters is 2. The molecule has 0 N–H and O–H groups in total. The summed E-state index contributed by atoms with van der Waals surface area (Å²) in [4.78, 5) is 23.5. The standard InChI is InChI=1S/C14H16O5/c1-5(2)12(15)19-11-9-7-6(10(11)17-3)8-13(16)18-4-14(7,8)9/h6-11H,1,4H2,2-3H3. The number of cyclic esters (lactones) is 1. The largest absolute Gasteiger partial charge is 0.465 e. The van der Waals surface area contributed by atoms with Crippen LogP contribution in [0.5, 0.6) is 0 Å². The lowest BCUT2D eigenvalue weighted by molar-refractivity contribution is -0.167. The summed E-state index contributed by atoms with van der Waals surface area (Å²) >= 11 is 0. The summed E-state index contributed by atoms with van der Waals surface area (Å²) in [5, 5.41) is 0. The number of carbonyl (C=O) groups is 2. The van der Waals surface area contributed by atoms with Crippen LogP contribution in [0.3, 0.4) is 0 Å². The van der Waals surface area contributed by atoms with Crippen molar-refractivity contribution in [3.05, 3.63) is 12.2 Å². The van der Waals surface area contributed by atoms with E-state index in [1.807, 2.05) is 0 Å². The molecule has 0 aromatic rings. The first kappa shape index (κ1) is 11.5. The molecule has 4 rings (SSSR count). The van der Waals surface area contributed by atoms with Gasteiger partial charge in [0.15, 0.2) is 0 Å². The Balaban J connectivity index is 1.61. The van der Waals surface area contributed by atoms with Crippen molar-refractivity contribution < 1.29 is 23.8 Å². The molecule has 19 heavy (non-hydrogen) atoms. The van der Waals surface area contributed by atoms with E-state index in [2.05, 4.69) is 6.58 Å². The van der Waals surface area contributed by atoms with E-state index in [0.29, 0.717) is 18.1 Å². The van der Waals surface area contributed by atoms with Gasteiger partial charge >= 0.3 is 11.9 Å². The highest BCUT2D eigenvalue weighted by atomic mass is 16.6. The van der Waals surface area contributed by atoms with Gasteiger partial charge in [-0.2, -0.15) is 0 Å². The fourth-order valence-corrected chi connectivity index (χ4v) is 4.91. The second kappa shape index (κ2) is 3.20. The molecule has 3 aliphatic carbocycles. The third kappa shape index (κ3) is 1.04. The number of carbonyl (C=O) groups excluding carboxylic acids is 2. The van der Waals surface area contributed by atoms with Crippen LogP contribution in [0.4, 0.5) is 0 Å². The maximum Gasteiger partial charge on any atom is 0.333 e. The summed E-state index contributed by atoms with van der Waals surface area (Å²) in [7, 11) is 1.61. The van der Waals surface area contributed by atoms with Crippen LogP contribution in [-0.2, 0) is 23.8 Å². The molecule has 7 atom stereocenters. The van der Waals surface area contributed by atoms with Gasteiger partial charge in [-0.15, -0.1) is 0 Å². The zero-order chi connectivity index (χ0) is 13.5. The van der Waals surface area contributed by atoms with Crippen LogP contribution in [0.15, 0.2) is 12.2 Å². The number of rotatable bonds is 3. The molecule has 102 valence electrons. The SMILES string of the molecule is C=C(C)C(=O)OC1C(OC)C2C3C(=O)OCC34C1C24. The molecule has 0 aromatic heterocycles. The van der Waals surface area contributed by atoms with Crippen molar-refractivity contribution >= 4 is 11.9 Å².